The lowest BCUT2D eigenvalue weighted by atomic mass is 9.74. The lowest BCUT2D eigenvalue weighted by molar-refractivity contribution is -0.317. The van der Waals surface area contributed by atoms with Gasteiger partial charge >= 0.3 is 11.9 Å². The number of Topliss-reactive ketones (excluding diaryl/α,β-unsaturated/α-hetero) is 1. The fourth-order valence-electron chi connectivity index (χ4n) is 8.46. The molecule has 0 aromatic carbocycles. The number of carbonyl (C=O) groups is 3. The number of ether oxygens (including phenoxy) is 8. The van der Waals surface area contributed by atoms with E-state index in [0.29, 0.717) is 6.42 Å². The molecule has 0 saturated carbocycles. The van der Waals surface area contributed by atoms with Crippen LogP contribution >= 0.6 is 0 Å². The molecular formula is C38H67NO14. The van der Waals surface area contributed by atoms with Crippen LogP contribution in [0.2, 0.25) is 0 Å². The van der Waals surface area contributed by atoms with Crippen molar-refractivity contribution in [1.29, 1.82) is 0 Å². The van der Waals surface area contributed by atoms with Gasteiger partial charge in [-0.2, -0.15) is 0 Å². The first-order valence-electron chi connectivity index (χ1n) is 18.9. The van der Waals surface area contributed by atoms with Crippen LogP contribution in [0.25, 0.3) is 0 Å². The molecule has 308 valence electrons. The first kappa shape index (κ1) is 45.6. The fourth-order valence-corrected chi connectivity index (χ4v) is 8.46. The maximum atomic E-state index is 14.2. The van der Waals surface area contributed by atoms with E-state index >= 15 is 0 Å². The van der Waals surface area contributed by atoms with Gasteiger partial charge in [-0.15, -0.1) is 0 Å². The van der Waals surface area contributed by atoms with Crippen molar-refractivity contribution in [2.45, 2.75) is 186 Å². The third-order valence-corrected chi connectivity index (χ3v) is 12.0. The van der Waals surface area contributed by atoms with E-state index in [1.165, 1.54) is 35.0 Å². The second-order valence-corrected chi connectivity index (χ2v) is 16.3. The first-order valence-corrected chi connectivity index (χ1v) is 18.9. The molecule has 0 bridgehead atoms. The minimum atomic E-state index is -1.99. The molecular weight excluding hydrogens is 694 g/mol. The molecule has 0 unspecified atom stereocenters. The molecule has 53 heavy (non-hydrogen) atoms. The number of hydrogen-bond acceptors (Lipinski definition) is 15. The second kappa shape index (κ2) is 18.0. The van der Waals surface area contributed by atoms with E-state index in [4.69, 9.17) is 43.6 Å². The number of aliphatic hydroxyl groups is 3. The second-order valence-electron chi connectivity index (χ2n) is 16.3. The highest BCUT2D eigenvalue weighted by molar-refractivity contribution is 5.83. The van der Waals surface area contributed by atoms with Crippen molar-refractivity contribution < 1.29 is 67.6 Å². The van der Waals surface area contributed by atoms with Crippen LogP contribution in [0, 0.1) is 23.7 Å². The zero-order chi connectivity index (χ0) is 40.4. The van der Waals surface area contributed by atoms with Crippen molar-refractivity contribution in [2.24, 2.45) is 29.4 Å². The van der Waals surface area contributed by atoms with Crippen molar-refractivity contribution in [3.8, 4) is 0 Å². The molecule has 0 aromatic rings. The van der Waals surface area contributed by atoms with Gasteiger partial charge in [0.2, 0.25) is 0 Å². The van der Waals surface area contributed by atoms with Crippen LogP contribution in [0.3, 0.4) is 0 Å². The summed E-state index contributed by atoms with van der Waals surface area (Å²) in [4.78, 5) is 40.4. The molecule has 3 saturated heterocycles. The van der Waals surface area contributed by atoms with Gasteiger partial charge in [-0.3, -0.25) is 14.4 Å². The van der Waals surface area contributed by atoms with Gasteiger partial charge in [0.05, 0.1) is 47.6 Å². The summed E-state index contributed by atoms with van der Waals surface area (Å²) in [5, 5.41) is 34.0. The highest BCUT2D eigenvalue weighted by Crippen LogP contribution is 2.41. The van der Waals surface area contributed by atoms with E-state index in [0.717, 1.165) is 0 Å². The number of esters is 2. The summed E-state index contributed by atoms with van der Waals surface area (Å²) >= 11 is 0. The number of rotatable bonds is 8. The van der Waals surface area contributed by atoms with Gasteiger partial charge in [-0.25, -0.2) is 0 Å². The molecule has 3 aliphatic rings. The zero-order valence-electron chi connectivity index (χ0n) is 33.9. The smallest absolute Gasteiger partial charge is 0.311 e. The van der Waals surface area contributed by atoms with Gasteiger partial charge in [-0.1, -0.05) is 27.7 Å². The van der Waals surface area contributed by atoms with Gasteiger partial charge < -0.3 is 58.9 Å². The number of aliphatic hydroxyl groups excluding tert-OH is 2. The van der Waals surface area contributed by atoms with Gasteiger partial charge in [0, 0.05) is 51.4 Å². The van der Waals surface area contributed by atoms with E-state index in [1.54, 1.807) is 48.5 Å². The SMILES string of the molecule is CC[C@H]1OC(=O)[C@H](C)[C@@H](O[C@H]2C[C@@](C)(OC)[C@@H](O)[C@H](C)O2)[C@H](C)[C@@H](O[C@@H]2O[C@H](C)C[C@H](N)[C@H]2OC(C)=O)[C@@](C)(OC)C[C@@H](C)C(=O)[C@H](C)[C@@H](O)[C@]1(C)O. The Morgan fingerprint density at radius 1 is 0.887 bits per heavy atom. The quantitative estimate of drug-likeness (QED) is 0.262. The third-order valence-electron chi connectivity index (χ3n) is 12.0. The molecule has 0 aliphatic carbocycles. The molecule has 18 atom stereocenters. The molecule has 3 aliphatic heterocycles. The number of hydrogen-bond donors (Lipinski definition) is 4. The molecule has 15 heteroatoms. The Labute approximate surface area is 314 Å². The Bertz CT molecular complexity index is 1250. The summed E-state index contributed by atoms with van der Waals surface area (Å²) < 4.78 is 49.5. The summed E-state index contributed by atoms with van der Waals surface area (Å²) in [6, 6.07) is -0.631. The summed E-state index contributed by atoms with van der Waals surface area (Å²) in [7, 11) is 2.96. The molecule has 3 heterocycles. The molecule has 15 nitrogen and oxygen atoms in total. The summed E-state index contributed by atoms with van der Waals surface area (Å²) in [6.07, 6.45) is -9.37. The molecule has 0 spiro atoms. The van der Waals surface area contributed by atoms with E-state index < -0.39 is 114 Å². The minimum absolute atomic E-state index is 0.0662. The summed E-state index contributed by atoms with van der Waals surface area (Å²) in [6.45, 7) is 18.0. The average Bonchev–Trinajstić information content (AvgIpc) is 3.09. The Morgan fingerprint density at radius 2 is 1.49 bits per heavy atom. The highest BCUT2D eigenvalue weighted by Gasteiger charge is 2.54. The normalized spacial score (nSPS) is 48.1. The van der Waals surface area contributed by atoms with Crippen LogP contribution in [0.1, 0.15) is 102 Å². The number of nitrogens with two attached hydrogens (primary N) is 1. The lowest BCUT2D eigenvalue weighted by Crippen LogP contribution is -2.61. The van der Waals surface area contributed by atoms with Gasteiger partial charge in [0.1, 0.15) is 23.6 Å². The number of cyclic esters (lactones) is 1. The zero-order valence-corrected chi connectivity index (χ0v) is 33.9. The largest absolute Gasteiger partial charge is 0.459 e. The number of methoxy groups -OCH3 is 2. The molecule has 5 N–H and O–H groups in total. The van der Waals surface area contributed by atoms with Gasteiger partial charge in [0.15, 0.2) is 18.7 Å². The van der Waals surface area contributed by atoms with Crippen molar-refractivity contribution in [3.05, 3.63) is 0 Å². The standard InChI is InChI=1S/C38H67NO14/c1-14-26-38(11,45)31(42)20(4)28(41)18(2)16-37(10,47-13)33(53-35-30(50-24(8)40)25(39)15-19(3)48-35)21(5)29(22(6)34(44)51-26)52-27-17-36(9,46-12)32(43)23(7)49-27/h18-23,25-27,29-33,35,42-43,45H,14-17,39H2,1-13H3/t18-,19-,20+,21+,22-,23+,25+,26-,27+,29+,30-,31-,32+,33-,35+,36-,37+,38-/m1/s1. The van der Waals surface area contributed by atoms with Crippen LogP contribution in [0.5, 0.6) is 0 Å². The maximum absolute atomic E-state index is 14.2. The third kappa shape index (κ3) is 9.97. The molecule has 0 radical (unpaired) electrons. The van der Waals surface area contributed by atoms with E-state index in [9.17, 15) is 29.7 Å². The first-order chi connectivity index (χ1) is 24.5. The minimum Gasteiger partial charge on any atom is -0.459 e. The van der Waals surface area contributed by atoms with Crippen molar-refractivity contribution in [3.63, 3.8) is 0 Å². The predicted octanol–water partition coefficient (Wildman–Crippen LogP) is 2.41. The molecule has 3 fully saturated rings. The van der Waals surface area contributed by atoms with Crippen LogP contribution in [0.15, 0.2) is 0 Å². The molecule has 0 aromatic heterocycles. The number of carbonyl (C=O) groups excluding carboxylic acids is 3. The molecule has 3 rings (SSSR count). The maximum Gasteiger partial charge on any atom is 0.311 e. The topological polar surface area (TPSA) is 212 Å². The van der Waals surface area contributed by atoms with Gasteiger partial charge in [-0.05, 0) is 60.8 Å². The Kier molecular flexibility index (Phi) is 15.5. The van der Waals surface area contributed by atoms with Crippen LogP contribution in [0.4, 0.5) is 0 Å². The van der Waals surface area contributed by atoms with E-state index in [1.807, 2.05) is 6.92 Å². The van der Waals surface area contributed by atoms with Crippen molar-refractivity contribution in [2.75, 3.05) is 14.2 Å². The fraction of sp³-hybridized carbons (Fsp3) is 0.921. The average molecular weight is 762 g/mol. The van der Waals surface area contributed by atoms with Crippen molar-refractivity contribution >= 4 is 17.7 Å². The van der Waals surface area contributed by atoms with E-state index in [-0.39, 0.29) is 31.1 Å². The van der Waals surface area contributed by atoms with Crippen LogP contribution in [-0.4, -0.2) is 132 Å². The monoisotopic (exact) mass is 761 g/mol. The highest BCUT2D eigenvalue weighted by atomic mass is 16.7. The lowest BCUT2D eigenvalue weighted by Gasteiger charge is -2.49. The van der Waals surface area contributed by atoms with Gasteiger partial charge in [0.25, 0.3) is 0 Å². The van der Waals surface area contributed by atoms with Crippen LogP contribution < -0.4 is 5.73 Å². The van der Waals surface area contributed by atoms with Crippen LogP contribution in [-0.2, 0) is 52.3 Å². The Balaban J connectivity index is 2.24. The number of ketones is 1. The Hall–Kier alpha value is -1.79. The predicted molar refractivity (Wildman–Crippen MR) is 191 cm³/mol. The molecule has 0 amide bonds. The van der Waals surface area contributed by atoms with E-state index in [2.05, 4.69) is 0 Å². The summed E-state index contributed by atoms with van der Waals surface area (Å²) in [5.74, 6) is -5.28. The summed E-state index contributed by atoms with van der Waals surface area (Å²) in [5.41, 5.74) is 2.15. The Morgan fingerprint density at radius 3 is 2.04 bits per heavy atom. The van der Waals surface area contributed by atoms with Crippen molar-refractivity contribution in [1.82, 2.24) is 0 Å².